The minimum atomic E-state index is -0.484. The van der Waals surface area contributed by atoms with Crippen LogP contribution >= 0.6 is 11.8 Å². The van der Waals surface area contributed by atoms with Gasteiger partial charge in [-0.1, -0.05) is 30.0 Å². The molecule has 1 aromatic heterocycles. The average Bonchev–Trinajstić information content (AvgIpc) is 2.64. The lowest BCUT2D eigenvalue weighted by Crippen LogP contribution is -2.19. The Morgan fingerprint density at radius 3 is 2.15 bits per heavy atom. The third-order valence-corrected chi connectivity index (χ3v) is 4.26. The van der Waals surface area contributed by atoms with Crippen LogP contribution in [-0.4, -0.2) is 15.9 Å². The number of benzene rings is 2. The minimum Gasteiger partial charge on any atom is -0.308 e. The average molecular weight is 366 g/mol. The molecule has 0 saturated carbocycles. The fourth-order valence-corrected chi connectivity index (χ4v) is 2.84. The van der Waals surface area contributed by atoms with Gasteiger partial charge < -0.3 is 10.6 Å². The summed E-state index contributed by atoms with van der Waals surface area (Å²) in [6.45, 7) is 0. The monoisotopic (exact) mass is 366 g/mol. The van der Waals surface area contributed by atoms with E-state index in [9.17, 15) is 14.9 Å². The van der Waals surface area contributed by atoms with Crippen molar-refractivity contribution in [3.63, 3.8) is 0 Å². The molecule has 130 valence electrons. The van der Waals surface area contributed by atoms with Crippen LogP contribution < -0.4 is 10.6 Å². The topological polar surface area (TPSA) is 97.2 Å². The molecule has 2 amide bonds. The van der Waals surface area contributed by atoms with Crippen LogP contribution in [0.1, 0.15) is 0 Å². The molecule has 2 N–H and O–H groups in total. The third-order valence-electron chi connectivity index (χ3n) is 3.30. The van der Waals surface area contributed by atoms with Crippen LogP contribution in [-0.2, 0) is 0 Å². The molecule has 0 spiro atoms. The Hall–Kier alpha value is -3.39. The lowest BCUT2D eigenvalue weighted by molar-refractivity contribution is -0.385. The Labute approximate surface area is 153 Å². The maximum absolute atomic E-state index is 12.0. The summed E-state index contributed by atoms with van der Waals surface area (Å²) in [5.74, 6) is 0. The lowest BCUT2D eigenvalue weighted by Gasteiger charge is -2.08. The Kier molecular flexibility index (Phi) is 5.45. The minimum absolute atomic E-state index is 0.0432. The third kappa shape index (κ3) is 4.81. The van der Waals surface area contributed by atoms with Gasteiger partial charge in [-0.3, -0.25) is 10.1 Å². The van der Waals surface area contributed by atoms with Crippen molar-refractivity contribution in [2.75, 3.05) is 10.6 Å². The number of hydrogen-bond donors (Lipinski definition) is 2. The quantitative estimate of drug-likeness (QED) is 0.500. The number of amides is 2. The van der Waals surface area contributed by atoms with Crippen LogP contribution in [0.3, 0.4) is 0 Å². The van der Waals surface area contributed by atoms with Crippen molar-refractivity contribution >= 4 is 34.9 Å². The van der Waals surface area contributed by atoms with Crippen LogP contribution in [0.4, 0.5) is 21.9 Å². The fraction of sp³-hybridized carbons (Fsp3) is 0. The number of carbonyl (C=O) groups excluding carboxylic acids is 1. The molecular formula is C18H14N4O3S. The van der Waals surface area contributed by atoms with Crippen molar-refractivity contribution in [2.24, 2.45) is 0 Å². The van der Waals surface area contributed by atoms with Crippen LogP contribution in [0.5, 0.6) is 0 Å². The molecule has 0 fully saturated rings. The van der Waals surface area contributed by atoms with E-state index in [4.69, 9.17) is 0 Å². The number of nitro groups is 1. The largest absolute Gasteiger partial charge is 0.323 e. The van der Waals surface area contributed by atoms with Gasteiger partial charge in [0.05, 0.1) is 4.92 Å². The second-order valence-corrected chi connectivity index (χ2v) is 6.28. The molecule has 0 aliphatic carbocycles. The summed E-state index contributed by atoms with van der Waals surface area (Å²) in [6.07, 6.45) is 1.23. The first-order chi connectivity index (χ1) is 12.6. The summed E-state index contributed by atoms with van der Waals surface area (Å²) >= 11 is 1.38. The lowest BCUT2D eigenvalue weighted by atomic mass is 10.3. The van der Waals surface area contributed by atoms with Crippen molar-refractivity contribution in [1.82, 2.24) is 4.98 Å². The number of hydrogen-bond acceptors (Lipinski definition) is 5. The summed E-state index contributed by atoms with van der Waals surface area (Å²) in [7, 11) is 0. The van der Waals surface area contributed by atoms with E-state index in [1.54, 1.807) is 30.3 Å². The molecular weight excluding hydrogens is 352 g/mol. The van der Waals surface area contributed by atoms with Gasteiger partial charge in [-0.2, -0.15) is 0 Å². The van der Waals surface area contributed by atoms with Gasteiger partial charge in [0.2, 0.25) is 0 Å². The highest BCUT2D eigenvalue weighted by molar-refractivity contribution is 7.99. The number of nitrogens with zero attached hydrogens (tertiary/aromatic N) is 2. The van der Waals surface area contributed by atoms with E-state index in [0.717, 1.165) is 4.90 Å². The summed E-state index contributed by atoms with van der Waals surface area (Å²) in [5, 5.41) is 16.8. The molecule has 0 radical (unpaired) electrons. The van der Waals surface area contributed by atoms with Crippen LogP contribution in [0.15, 0.2) is 82.8 Å². The van der Waals surface area contributed by atoms with E-state index >= 15 is 0 Å². The van der Waals surface area contributed by atoms with Crippen molar-refractivity contribution in [3.05, 3.63) is 83.0 Å². The van der Waals surface area contributed by atoms with E-state index < -0.39 is 4.92 Å². The zero-order valence-electron chi connectivity index (χ0n) is 13.5. The van der Waals surface area contributed by atoms with Gasteiger partial charge in [0.25, 0.3) is 5.69 Å². The smallest absolute Gasteiger partial charge is 0.308 e. The molecule has 8 heteroatoms. The molecule has 0 unspecified atom stereocenters. The summed E-state index contributed by atoms with van der Waals surface area (Å²) < 4.78 is 0. The Morgan fingerprint density at radius 2 is 1.58 bits per heavy atom. The van der Waals surface area contributed by atoms with Crippen molar-refractivity contribution < 1.29 is 9.72 Å². The molecule has 7 nitrogen and oxygen atoms in total. The first-order valence-electron chi connectivity index (χ1n) is 7.61. The highest BCUT2D eigenvalue weighted by Crippen LogP contribution is 2.28. The van der Waals surface area contributed by atoms with Crippen LogP contribution in [0, 0.1) is 10.1 Å². The first kappa shape index (κ1) is 17.4. The molecule has 26 heavy (non-hydrogen) atoms. The molecule has 0 aliphatic heterocycles. The highest BCUT2D eigenvalue weighted by atomic mass is 32.2. The number of urea groups is 1. The van der Waals surface area contributed by atoms with Gasteiger partial charge in [-0.25, -0.2) is 9.78 Å². The molecule has 0 aliphatic rings. The standard InChI is InChI=1S/C18H14N4O3S/c23-18(20-13-4-2-1-3-5-13)21-14-6-9-16(10-7-14)26-17-11-8-15(12-19-17)22(24)25/h1-12H,(H2,20,21,23). The summed E-state index contributed by atoms with van der Waals surface area (Å²) in [4.78, 5) is 27.1. The number of anilines is 2. The van der Waals surface area contributed by atoms with Gasteiger partial charge in [0.1, 0.15) is 11.2 Å². The molecule has 3 aromatic rings. The maximum Gasteiger partial charge on any atom is 0.323 e. The van der Waals surface area contributed by atoms with Crippen LogP contribution in [0.25, 0.3) is 0 Å². The maximum atomic E-state index is 12.0. The SMILES string of the molecule is O=C(Nc1ccccc1)Nc1ccc(Sc2ccc([N+](=O)[O-])cn2)cc1. The van der Waals surface area contributed by atoms with Gasteiger partial charge in [-0.05, 0) is 42.5 Å². The number of rotatable bonds is 5. The van der Waals surface area contributed by atoms with E-state index in [0.29, 0.717) is 16.4 Å². The summed E-state index contributed by atoms with van der Waals surface area (Å²) in [6, 6.07) is 19.1. The number of para-hydroxylation sites is 1. The van der Waals surface area contributed by atoms with Crippen molar-refractivity contribution in [1.29, 1.82) is 0 Å². The molecule has 2 aromatic carbocycles. The fourth-order valence-electron chi connectivity index (χ4n) is 2.08. The van der Waals surface area contributed by atoms with E-state index in [1.807, 2.05) is 30.3 Å². The second-order valence-electron chi connectivity index (χ2n) is 5.18. The Bertz CT molecular complexity index is 900. The number of aromatic nitrogens is 1. The molecule has 0 saturated heterocycles. The first-order valence-corrected chi connectivity index (χ1v) is 8.43. The molecule has 0 atom stereocenters. The zero-order chi connectivity index (χ0) is 18.4. The van der Waals surface area contributed by atoms with E-state index in [1.165, 1.54) is 24.0 Å². The Morgan fingerprint density at radius 1 is 0.923 bits per heavy atom. The Balaban J connectivity index is 1.57. The number of carbonyl (C=O) groups is 1. The van der Waals surface area contributed by atoms with Gasteiger partial charge in [0, 0.05) is 22.3 Å². The van der Waals surface area contributed by atoms with Gasteiger partial charge in [0.15, 0.2) is 0 Å². The van der Waals surface area contributed by atoms with Crippen molar-refractivity contribution in [3.8, 4) is 0 Å². The number of nitrogens with one attached hydrogen (secondary N) is 2. The zero-order valence-corrected chi connectivity index (χ0v) is 14.3. The van der Waals surface area contributed by atoms with E-state index in [2.05, 4.69) is 15.6 Å². The highest BCUT2D eigenvalue weighted by Gasteiger charge is 2.07. The summed E-state index contributed by atoms with van der Waals surface area (Å²) in [5.41, 5.74) is 1.32. The molecule has 1 heterocycles. The number of pyridine rings is 1. The predicted molar refractivity (Wildman–Crippen MR) is 101 cm³/mol. The van der Waals surface area contributed by atoms with Gasteiger partial charge in [-0.15, -0.1) is 0 Å². The van der Waals surface area contributed by atoms with Crippen molar-refractivity contribution in [2.45, 2.75) is 9.92 Å². The second kappa shape index (κ2) is 8.13. The van der Waals surface area contributed by atoms with Gasteiger partial charge >= 0.3 is 6.03 Å². The molecule has 0 bridgehead atoms. The van der Waals surface area contributed by atoms with E-state index in [-0.39, 0.29) is 11.7 Å². The normalized spacial score (nSPS) is 10.2. The predicted octanol–water partition coefficient (Wildman–Crippen LogP) is 4.79. The van der Waals surface area contributed by atoms with Crippen LogP contribution in [0.2, 0.25) is 0 Å². The molecule has 3 rings (SSSR count).